The third-order valence-corrected chi connectivity index (χ3v) is 2.97. The summed E-state index contributed by atoms with van der Waals surface area (Å²) in [6.45, 7) is 6.07. The molecule has 0 heteroatoms. The molecule has 0 amide bonds. The van der Waals surface area contributed by atoms with E-state index in [0.29, 0.717) is 0 Å². The lowest BCUT2D eigenvalue weighted by atomic mass is 9.94. The first-order chi connectivity index (χ1) is 8.86. The molecule has 0 unspecified atom stereocenters. The fraction of sp³-hybridized carbons (Fsp3) is 0.111. The zero-order chi connectivity index (χ0) is 12.8. The second-order valence-electron chi connectivity index (χ2n) is 4.18. The van der Waals surface area contributed by atoms with Gasteiger partial charge in [-0.1, -0.05) is 80.3 Å². The molecule has 0 aromatic heterocycles. The van der Waals surface area contributed by atoms with Crippen molar-refractivity contribution < 1.29 is 0 Å². The Balaban J connectivity index is 2.56. The maximum Gasteiger partial charge on any atom is -0.0106 e. The Labute approximate surface area is 109 Å². The van der Waals surface area contributed by atoms with Crippen molar-refractivity contribution in [1.29, 1.82) is 0 Å². The average molecular weight is 234 g/mol. The molecular formula is C18H18. The lowest BCUT2D eigenvalue weighted by Crippen LogP contribution is -1.87. The number of hydrogen-bond donors (Lipinski definition) is 0. The van der Waals surface area contributed by atoms with Gasteiger partial charge in [0.05, 0.1) is 0 Å². The highest BCUT2D eigenvalue weighted by Crippen LogP contribution is 2.29. The van der Waals surface area contributed by atoms with E-state index in [1.54, 1.807) is 0 Å². The van der Waals surface area contributed by atoms with Crippen LogP contribution < -0.4 is 0 Å². The molecule has 0 N–H and O–H groups in total. The number of rotatable bonds is 4. The van der Waals surface area contributed by atoms with Crippen molar-refractivity contribution in [2.24, 2.45) is 0 Å². The van der Waals surface area contributed by atoms with Crippen LogP contribution in [0.5, 0.6) is 0 Å². The van der Waals surface area contributed by atoms with Crippen molar-refractivity contribution in [3.05, 3.63) is 78.9 Å². The zero-order valence-electron chi connectivity index (χ0n) is 10.8. The minimum Gasteiger partial charge on any atom is -0.0985 e. The summed E-state index contributed by atoms with van der Waals surface area (Å²) in [6.07, 6.45) is 5.17. The Morgan fingerprint density at radius 2 is 1.67 bits per heavy atom. The Kier molecular flexibility index (Phi) is 4.14. The molecule has 0 atom stereocenters. The maximum absolute atomic E-state index is 3.92. The molecule has 0 aliphatic heterocycles. The van der Waals surface area contributed by atoms with Gasteiger partial charge in [0, 0.05) is 0 Å². The highest BCUT2D eigenvalue weighted by molar-refractivity contribution is 5.85. The van der Waals surface area contributed by atoms with Crippen molar-refractivity contribution >= 4 is 5.57 Å². The molecule has 0 radical (unpaired) electrons. The van der Waals surface area contributed by atoms with Gasteiger partial charge in [0.2, 0.25) is 0 Å². The van der Waals surface area contributed by atoms with E-state index in [1.807, 2.05) is 12.1 Å². The van der Waals surface area contributed by atoms with Gasteiger partial charge in [0.25, 0.3) is 0 Å². The lowest BCUT2D eigenvalue weighted by Gasteiger charge is -2.10. The number of hydrogen-bond acceptors (Lipinski definition) is 0. The van der Waals surface area contributed by atoms with Gasteiger partial charge in [-0.2, -0.15) is 0 Å². The molecule has 0 saturated heterocycles. The molecule has 0 saturated carbocycles. The molecule has 0 fully saturated rings. The smallest absolute Gasteiger partial charge is 0.0106 e. The van der Waals surface area contributed by atoms with Crippen LogP contribution in [0.4, 0.5) is 0 Å². The van der Waals surface area contributed by atoms with Crippen LogP contribution in [-0.2, 0) is 0 Å². The minimum absolute atomic E-state index is 1.02. The second-order valence-corrected chi connectivity index (χ2v) is 4.18. The summed E-state index contributed by atoms with van der Waals surface area (Å²) in [7, 11) is 0. The molecule has 18 heavy (non-hydrogen) atoms. The second kappa shape index (κ2) is 6.02. The van der Waals surface area contributed by atoms with Crippen molar-refractivity contribution in [3.63, 3.8) is 0 Å². The Morgan fingerprint density at radius 3 is 2.33 bits per heavy atom. The topological polar surface area (TPSA) is 0 Å². The number of allylic oxidation sites excluding steroid dienone is 3. The van der Waals surface area contributed by atoms with Gasteiger partial charge in [-0.05, 0) is 28.7 Å². The van der Waals surface area contributed by atoms with Crippen molar-refractivity contribution in [2.75, 3.05) is 0 Å². The molecule has 0 bridgehead atoms. The van der Waals surface area contributed by atoms with Crippen LogP contribution in [0.2, 0.25) is 0 Å². The fourth-order valence-corrected chi connectivity index (χ4v) is 2.13. The molecule has 90 valence electrons. The predicted octanol–water partition coefficient (Wildman–Crippen LogP) is 5.33. The standard InChI is InChI=1S/C18H18/c1-3-10-15(4-2)17-13-8-9-14-18(17)16-11-6-5-7-12-16/h4-14H,2-3H2,1H3. The monoisotopic (exact) mass is 234 g/mol. The van der Waals surface area contributed by atoms with E-state index in [0.717, 1.165) is 6.42 Å². The summed E-state index contributed by atoms with van der Waals surface area (Å²) >= 11 is 0. The Bertz CT molecular complexity index is 547. The maximum atomic E-state index is 3.92. The quantitative estimate of drug-likeness (QED) is 0.627. The van der Waals surface area contributed by atoms with Crippen LogP contribution in [0.25, 0.3) is 16.7 Å². The summed E-state index contributed by atoms with van der Waals surface area (Å²) < 4.78 is 0. The SMILES string of the molecule is C=CC(=CCC)c1ccccc1-c1ccccc1. The van der Waals surface area contributed by atoms with Gasteiger partial charge in [-0.25, -0.2) is 0 Å². The molecule has 0 aliphatic carbocycles. The van der Waals surface area contributed by atoms with E-state index in [9.17, 15) is 0 Å². The number of benzene rings is 2. The lowest BCUT2D eigenvalue weighted by molar-refractivity contribution is 1.23. The van der Waals surface area contributed by atoms with Gasteiger partial charge in [-0.15, -0.1) is 0 Å². The molecule has 0 aliphatic rings. The first-order valence-electron chi connectivity index (χ1n) is 6.34. The van der Waals surface area contributed by atoms with E-state index in [2.05, 4.69) is 68.1 Å². The largest absolute Gasteiger partial charge is 0.0985 e. The normalized spacial score (nSPS) is 11.3. The third kappa shape index (κ3) is 2.60. The molecule has 2 aromatic carbocycles. The van der Waals surface area contributed by atoms with Crippen LogP contribution >= 0.6 is 0 Å². The summed E-state index contributed by atoms with van der Waals surface area (Å²) in [5.74, 6) is 0. The van der Waals surface area contributed by atoms with Crippen LogP contribution in [0.15, 0.2) is 73.3 Å². The highest BCUT2D eigenvalue weighted by Gasteiger charge is 2.05. The van der Waals surface area contributed by atoms with E-state index in [1.165, 1.54) is 22.3 Å². The van der Waals surface area contributed by atoms with Gasteiger partial charge >= 0.3 is 0 Å². The summed E-state index contributed by atoms with van der Waals surface area (Å²) in [5.41, 5.74) is 4.96. The van der Waals surface area contributed by atoms with Gasteiger partial charge in [-0.3, -0.25) is 0 Å². The minimum atomic E-state index is 1.02. The molecule has 2 aromatic rings. The van der Waals surface area contributed by atoms with E-state index in [4.69, 9.17) is 0 Å². The van der Waals surface area contributed by atoms with Gasteiger partial charge in [0.15, 0.2) is 0 Å². The van der Waals surface area contributed by atoms with Crippen LogP contribution in [0.1, 0.15) is 18.9 Å². The molecular weight excluding hydrogens is 216 g/mol. The van der Waals surface area contributed by atoms with E-state index < -0.39 is 0 Å². The van der Waals surface area contributed by atoms with E-state index in [-0.39, 0.29) is 0 Å². The van der Waals surface area contributed by atoms with Crippen LogP contribution in [-0.4, -0.2) is 0 Å². The Morgan fingerprint density at radius 1 is 1.00 bits per heavy atom. The van der Waals surface area contributed by atoms with Crippen LogP contribution in [0, 0.1) is 0 Å². The average Bonchev–Trinajstić information content (AvgIpc) is 2.46. The van der Waals surface area contributed by atoms with Crippen molar-refractivity contribution in [1.82, 2.24) is 0 Å². The summed E-state index contributed by atoms with van der Waals surface area (Å²) in [4.78, 5) is 0. The van der Waals surface area contributed by atoms with Crippen molar-refractivity contribution in [2.45, 2.75) is 13.3 Å². The molecule has 0 heterocycles. The highest BCUT2D eigenvalue weighted by atomic mass is 14.1. The summed E-state index contributed by atoms with van der Waals surface area (Å²) in [6, 6.07) is 19.0. The van der Waals surface area contributed by atoms with Crippen molar-refractivity contribution in [3.8, 4) is 11.1 Å². The van der Waals surface area contributed by atoms with Gasteiger partial charge < -0.3 is 0 Å². The summed E-state index contributed by atoms with van der Waals surface area (Å²) in [5, 5.41) is 0. The first kappa shape index (κ1) is 12.4. The Hall–Kier alpha value is -2.08. The molecule has 0 spiro atoms. The van der Waals surface area contributed by atoms with Gasteiger partial charge in [0.1, 0.15) is 0 Å². The predicted molar refractivity (Wildman–Crippen MR) is 80.3 cm³/mol. The molecule has 2 rings (SSSR count). The van der Waals surface area contributed by atoms with Crippen LogP contribution in [0.3, 0.4) is 0 Å². The first-order valence-corrected chi connectivity index (χ1v) is 6.34. The fourth-order valence-electron chi connectivity index (χ4n) is 2.13. The third-order valence-electron chi connectivity index (χ3n) is 2.97. The molecule has 0 nitrogen and oxygen atoms in total. The van der Waals surface area contributed by atoms with E-state index >= 15 is 0 Å². The zero-order valence-corrected chi connectivity index (χ0v) is 10.8.